The Balaban J connectivity index is 2.02. The summed E-state index contributed by atoms with van der Waals surface area (Å²) in [5, 5.41) is 12.0. The highest BCUT2D eigenvalue weighted by atomic mass is 16.1. The molecule has 0 saturated carbocycles. The smallest absolute Gasteiger partial charge is 0.242 e. The normalized spacial score (nSPS) is 11.7. The molecule has 22 heavy (non-hydrogen) atoms. The van der Waals surface area contributed by atoms with E-state index >= 15 is 0 Å². The summed E-state index contributed by atoms with van der Waals surface area (Å²) >= 11 is 0. The van der Waals surface area contributed by atoms with Crippen LogP contribution in [0.4, 0.5) is 5.69 Å². The first-order valence-corrected chi connectivity index (χ1v) is 7.29. The van der Waals surface area contributed by atoms with Crippen LogP contribution in [-0.2, 0) is 11.2 Å². The predicted octanol–water partition coefficient (Wildman–Crippen LogP) is 3.53. The van der Waals surface area contributed by atoms with Crippen molar-refractivity contribution in [3.63, 3.8) is 0 Å². The molecule has 1 heterocycles. The highest BCUT2D eigenvalue weighted by Gasteiger charge is 2.18. The van der Waals surface area contributed by atoms with Crippen LogP contribution in [0.2, 0.25) is 0 Å². The van der Waals surface area contributed by atoms with Gasteiger partial charge in [0.15, 0.2) is 0 Å². The van der Waals surface area contributed by atoms with Gasteiger partial charge in [-0.3, -0.25) is 9.78 Å². The Morgan fingerprint density at radius 3 is 2.36 bits per heavy atom. The monoisotopic (exact) mass is 293 g/mol. The van der Waals surface area contributed by atoms with Gasteiger partial charge in [0.2, 0.25) is 5.91 Å². The molecule has 1 N–H and O–H groups in total. The van der Waals surface area contributed by atoms with Gasteiger partial charge in [0, 0.05) is 18.1 Å². The fraction of sp³-hybridized carbons (Fsp3) is 0.278. The van der Waals surface area contributed by atoms with Gasteiger partial charge >= 0.3 is 0 Å². The van der Waals surface area contributed by atoms with Gasteiger partial charge in [-0.25, -0.2) is 0 Å². The molecule has 0 spiro atoms. The number of hydrogen-bond acceptors (Lipinski definition) is 3. The molecule has 0 aliphatic heterocycles. The fourth-order valence-corrected chi connectivity index (χ4v) is 2.13. The summed E-state index contributed by atoms with van der Waals surface area (Å²) in [6.07, 6.45) is 3.70. The Morgan fingerprint density at radius 1 is 1.18 bits per heavy atom. The number of carbonyl (C=O) groups is 1. The van der Waals surface area contributed by atoms with Crippen molar-refractivity contribution in [1.82, 2.24) is 4.98 Å². The van der Waals surface area contributed by atoms with E-state index in [1.54, 1.807) is 12.4 Å². The Labute approximate surface area is 130 Å². The molecule has 0 radical (unpaired) electrons. The highest BCUT2D eigenvalue weighted by molar-refractivity contribution is 5.94. The Morgan fingerprint density at radius 2 is 1.82 bits per heavy atom. The number of nitrogens with zero attached hydrogens (tertiary/aromatic N) is 2. The van der Waals surface area contributed by atoms with E-state index in [1.165, 1.54) is 5.56 Å². The molecule has 1 unspecified atom stereocenters. The minimum Gasteiger partial charge on any atom is -0.325 e. The van der Waals surface area contributed by atoms with Crippen LogP contribution < -0.4 is 5.32 Å². The molecule has 0 aliphatic rings. The molecule has 2 rings (SSSR count). The van der Waals surface area contributed by atoms with Crippen molar-refractivity contribution in [3.8, 4) is 6.07 Å². The van der Waals surface area contributed by atoms with Crippen LogP contribution >= 0.6 is 0 Å². The maximum Gasteiger partial charge on any atom is 0.242 e. The molecule has 0 fully saturated rings. The number of pyridine rings is 1. The number of rotatable bonds is 5. The predicted molar refractivity (Wildman–Crippen MR) is 86.2 cm³/mol. The molecule has 1 aromatic carbocycles. The molecule has 4 heteroatoms. The molecule has 0 saturated heterocycles. The van der Waals surface area contributed by atoms with E-state index in [9.17, 15) is 10.1 Å². The van der Waals surface area contributed by atoms with Crippen molar-refractivity contribution < 1.29 is 4.79 Å². The summed E-state index contributed by atoms with van der Waals surface area (Å²) in [5.74, 6) is -0.549. The second-order valence-corrected chi connectivity index (χ2v) is 5.51. The van der Waals surface area contributed by atoms with Gasteiger partial charge in [-0.2, -0.15) is 5.26 Å². The number of aromatic nitrogens is 1. The first kappa shape index (κ1) is 15.7. The van der Waals surface area contributed by atoms with Gasteiger partial charge in [0.1, 0.15) is 5.92 Å². The molecule has 1 atom stereocenters. The summed E-state index contributed by atoms with van der Waals surface area (Å²) in [4.78, 5) is 16.1. The van der Waals surface area contributed by atoms with E-state index in [-0.39, 0.29) is 5.91 Å². The number of benzene rings is 1. The van der Waals surface area contributed by atoms with Gasteiger partial charge in [0.25, 0.3) is 0 Å². The second-order valence-electron chi connectivity index (χ2n) is 5.51. The summed E-state index contributed by atoms with van der Waals surface area (Å²) in [5.41, 5.74) is 2.85. The van der Waals surface area contributed by atoms with Crippen LogP contribution in [0.15, 0.2) is 48.8 Å². The molecule has 0 bridgehead atoms. The number of nitrogens with one attached hydrogen (secondary N) is 1. The van der Waals surface area contributed by atoms with Gasteiger partial charge < -0.3 is 5.32 Å². The topological polar surface area (TPSA) is 65.8 Å². The Bertz CT molecular complexity index is 657. The zero-order valence-electron chi connectivity index (χ0n) is 12.8. The largest absolute Gasteiger partial charge is 0.325 e. The second kappa shape index (κ2) is 7.37. The maximum atomic E-state index is 12.2. The lowest BCUT2D eigenvalue weighted by Gasteiger charge is -2.11. The molecule has 2 aromatic rings. The summed E-state index contributed by atoms with van der Waals surface area (Å²) in [6.45, 7) is 4.24. The van der Waals surface area contributed by atoms with E-state index in [1.807, 2.05) is 36.4 Å². The van der Waals surface area contributed by atoms with Crippen LogP contribution in [0.3, 0.4) is 0 Å². The molecule has 112 valence electrons. The van der Waals surface area contributed by atoms with Crippen molar-refractivity contribution in [2.45, 2.75) is 26.2 Å². The van der Waals surface area contributed by atoms with Gasteiger partial charge in [-0.15, -0.1) is 0 Å². The van der Waals surface area contributed by atoms with Crippen LogP contribution in [-0.4, -0.2) is 10.9 Å². The van der Waals surface area contributed by atoms with E-state index in [0.717, 1.165) is 5.56 Å². The van der Waals surface area contributed by atoms with Crippen LogP contribution in [0.1, 0.15) is 30.9 Å². The van der Waals surface area contributed by atoms with E-state index in [0.29, 0.717) is 18.0 Å². The minimum absolute atomic E-state index is 0.281. The first-order chi connectivity index (χ1) is 10.6. The standard InChI is InChI=1S/C18H19N3O/c1-13(2)15-3-5-17(6-4-15)21-18(22)16(12-19)11-14-7-9-20-10-8-14/h3-10,13,16H,11H2,1-2H3,(H,21,22). The van der Waals surface area contributed by atoms with Gasteiger partial charge in [-0.05, 0) is 47.7 Å². The third kappa shape index (κ3) is 4.16. The number of nitriles is 1. The number of carbonyl (C=O) groups excluding carboxylic acids is 1. The highest BCUT2D eigenvalue weighted by Crippen LogP contribution is 2.18. The number of hydrogen-bond donors (Lipinski definition) is 1. The van der Waals surface area contributed by atoms with Gasteiger partial charge in [-0.1, -0.05) is 26.0 Å². The van der Waals surface area contributed by atoms with Gasteiger partial charge in [0.05, 0.1) is 6.07 Å². The minimum atomic E-state index is -0.716. The average molecular weight is 293 g/mol. The van der Waals surface area contributed by atoms with Crippen molar-refractivity contribution >= 4 is 11.6 Å². The van der Waals surface area contributed by atoms with Crippen LogP contribution in [0.25, 0.3) is 0 Å². The lowest BCUT2D eigenvalue weighted by molar-refractivity contribution is -0.118. The summed E-state index contributed by atoms with van der Waals surface area (Å²) in [6, 6.07) is 13.4. The first-order valence-electron chi connectivity index (χ1n) is 7.29. The zero-order chi connectivity index (χ0) is 15.9. The molecular weight excluding hydrogens is 274 g/mol. The van der Waals surface area contributed by atoms with Crippen molar-refractivity contribution in [3.05, 3.63) is 59.9 Å². The van der Waals surface area contributed by atoms with E-state index in [4.69, 9.17) is 0 Å². The lowest BCUT2D eigenvalue weighted by Crippen LogP contribution is -2.23. The van der Waals surface area contributed by atoms with Crippen LogP contribution in [0, 0.1) is 17.2 Å². The van der Waals surface area contributed by atoms with Crippen molar-refractivity contribution in [2.24, 2.45) is 5.92 Å². The lowest BCUT2D eigenvalue weighted by atomic mass is 10.00. The third-order valence-corrected chi connectivity index (χ3v) is 3.51. The van der Waals surface area contributed by atoms with Crippen LogP contribution in [0.5, 0.6) is 0 Å². The van der Waals surface area contributed by atoms with Crippen molar-refractivity contribution in [2.75, 3.05) is 5.32 Å². The molecule has 4 nitrogen and oxygen atoms in total. The van der Waals surface area contributed by atoms with E-state index < -0.39 is 5.92 Å². The molecule has 0 aliphatic carbocycles. The molecule has 1 amide bonds. The summed E-state index contributed by atoms with van der Waals surface area (Å²) < 4.78 is 0. The number of amides is 1. The SMILES string of the molecule is CC(C)c1ccc(NC(=O)C(C#N)Cc2ccncc2)cc1. The zero-order valence-corrected chi connectivity index (χ0v) is 12.8. The Hall–Kier alpha value is -2.67. The Kier molecular flexibility index (Phi) is 5.26. The third-order valence-electron chi connectivity index (χ3n) is 3.51. The fourth-order valence-electron chi connectivity index (χ4n) is 2.13. The molecule has 1 aromatic heterocycles. The van der Waals surface area contributed by atoms with E-state index in [2.05, 4.69) is 30.2 Å². The summed E-state index contributed by atoms with van der Waals surface area (Å²) in [7, 11) is 0. The quantitative estimate of drug-likeness (QED) is 0.917. The number of anilines is 1. The maximum absolute atomic E-state index is 12.2. The van der Waals surface area contributed by atoms with Crippen molar-refractivity contribution in [1.29, 1.82) is 5.26 Å². The molecular formula is C18H19N3O. The average Bonchev–Trinajstić information content (AvgIpc) is 2.54.